The molecule has 0 aromatic heterocycles. The van der Waals surface area contributed by atoms with E-state index in [1.165, 1.54) is 57.8 Å². The molecule has 0 aromatic carbocycles. The second-order valence-electron chi connectivity index (χ2n) is 17.3. The summed E-state index contributed by atoms with van der Waals surface area (Å²) in [4.78, 5) is 12.6. The van der Waals surface area contributed by atoms with Crippen LogP contribution in [0.25, 0.3) is 0 Å². The molecule has 4 aliphatic rings. The molecule has 2 unspecified atom stereocenters. The molecule has 0 heterocycles. The van der Waals surface area contributed by atoms with Crippen LogP contribution in [0.3, 0.4) is 0 Å². The minimum Gasteiger partial charge on any atom is -0.378 e. The zero-order chi connectivity index (χ0) is 33.9. The molecule has 0 bridgehead atoms. The van der Waals surface area contributed by atoms with E-state index in [4.69, 9.17) is 16.2 Å². The predicted molar refractivity (Wildman–Crippen MR) is 198 cm³/mol. The highest BCUT2D eigenvalue weighted by Crippen LogP contribution is 2.67. The second-order valence-corrected chi connectivity index (χ2v) is 17.3. The van der Waals surface area contributed by atoms with Crippen LogP contribution >= 0.6 is 0 Å². The summed E-state index contributed by atoms with van der Waals surface area (Å²) in [6.45, 7) is 17.9. The number of allylic oxidation sites excluding steroid dienone is 1. The van der Waals surface area contributed by atoms with Gasteiger partial charge in [-0.1, -0.05) is 65.5 Å². The van der Waals surface area contributed by atoms with Crippen molar-refractivity contribution in [2.45, 2.75) is 156 Å². The van der Waals surface area contributed by atoms with Gasteiger partial charge in [0.05, 0.1) is 12.1 Å². The van der Waals surface area contributed by atoms with Crippen LogP contribution in [0.15, 0.2) is 11.6 Å². The molecule has 0 aromatic rings. The van der Waals surface area contributed by atoms with Crippen molar-refractivity contribution in [3.8, 4) is 0 Å². The highest BCUT2D eigenvalue weighted by atomic mass is 16.5. The Morgan fingerprint density at radius 3 is 2.38 bits per heavy atom. The Morgan fingerprint density at radius 1 is 0.894 bits per heavy atom. The largest absolute Gasteiger partial charge is 0.378 e. The van der Waals surface area contributed by atoms with Gasteiger partial charge < -0.3 is 26.8 Å². The molecule has 0 radical (unpaired) electrons. The SMILES string of the molecule is CC(C)CCC[C@@H](C)[C@H]1CC[C@H]2[C@@H]3CC=C4CC(OCCCC(=O)C(N)CCNCCCCNCCCN)CC[C@]4(C)[C@H]3CC[C@]12C. The number of hydrogen-bond donors (Lipinski definition) is 4. The number of carbonyl (C=O) groups is 1. The lowest BCUT2D eigenvalue weighted by Gasteiger charge is -2.58. The lowest BCUT2D eigenvalue weighted by molar-refractivity contribution is -0.121. The maximum absolute atomic E-state index is 12.6. The van der Waals surface area contributed by atoms with Gasteiger partial charge in [-0.15, -0.1) is 0 Å². The topological polar surface area (TPSA) is 102 Å². The number of ketones is 1. The molecule has 6 nitrogen and oxygen atoms in total. The second kappa shape index (κ2) is 19.0. The van der Waals surface area contributed by atoms with Gasteiger partial charge >= 0.3 is 0 Å². The first-order valence-corrected chi connectivity index (χ1v) is 20.3. The number of rotatable bonds is 22. The van der Waals surface area contributed by atoms with Gasteiger partial charge in [0, 0.05) is 13.0 Å². The van der Waals surface area contributed by atoms with Crippen LogP contribution in [0.2, 0.25) is 0 Å². The molecule has 47 heavy (non-hydrogen) atoms. The van der Waals surface area contributed by atoms with Gasteiger partial charge in [-0.05, 0) is 163 Å². The molecule has 4 aliphatic carbocycles. The van der Waals surface area contributed by atoms with Crippen molar-refractivity contribution in [1.29, 1.82) is 0 Å². The Morgan fingerprint density at radius 2 is 1.64 bits per heavy atom. The van der Waals surface area contributed by atoms with Crippen molar-refractivity contribution in [3.63, 3.8) is 0 Å². The lowest BCUT2D eigenvalue weighted by Crippen LogP contribution is -2.51. The third kappa shape index (κ3) is 10.4. The Hall–Kier alpha value is -0.790. The summed E-state index contributed by atoms with van der Waals surface area (Å²) in [7, 11) is 0. The van der Waals surface area contributed by atoms with Crippen molar-refractivity contribution in [2.75, 3.05) is 39.3 Å². The zero-order valence-corrected chi connectivity index (χ0v) is 31.4. The minimum atomic E-state index is -0.364. The summed E-state index contributed by atoms with van der Waals surface area (Å²) in [6, 6.07) is -0.364. The molecule has 6 heteroatoms. The number of Topliss-reactive ketones (excluding diaryl/α,β-unsaturated/α-hetero) is 1. The fourth-order valence-corrected chi connectivity index (χ4v) is 10.9. The average molecular weight is 657 g/mol. The highest BCUT2D eigenvalue weighted by Gasteiger charge is 2.59. The van der Waals surface area contributed by atoms with Crippen LogP contribution in [0, 0.1) is 46.3 Å². The van der Waals surface area contributed by atoms with Gasteiger partial charge in [0.15, 0.2) is 0 Å². The molecule has 9 atom stereocenters. The predicted octanol–water partition coefficient (Wildman–Crippen LogP) is 7.79. The van der Waals surface area contributed by atoms with Crippen molar-refractivity contribution < 1.29 is 9.53 Å². The van der Waals surface area contributed by atoms with Gasteiger partial charge in [0.1, 0.15) is 5.78 Å². The van der Waals surface area contributed by atoms with E-state index in [0.717, 1.165) is 107 Å². The lowest BCUT2D eigenvalue weighted by atomic mass is 9.47. The van der Waals surface area contributed by atoms with E-state index in [9.17, 15) is 4.79 Å². The van der Waals surface area contributed by atoms with Gasteiger partial charge in [-0.25, -0.2) is 0 Å². The Labute approximate surface area is 290 Å². The van der Waals surface area contributed by atoms with E-state index in [1.807, 2.05) is 0 Å². The molecule has 0 aliphatic heterocycles. The summed E-state index contributed by atoms with van der Waals surface area (Å²) in [5.74, 6) is 5.47. The van der Waals surface area contributed by atoms with E-state index in [0.29, 0.717) is 36.4 Å². The van der Waals surface area contributed by atoms with E-state index in [-0.39, 0.29) is 11.8 Å². The first-order chi connectivity index (χ1) is 22.6. The van der Waals surface area contributed by atoms with Crippen LogP contribution < -0.4 is 22.1 Å². The van der Waals surface area contributed by atoms with E-state index in [2.05, 4.69) is 51.3 Å². The van der Waals surface area contributed by atoms with Crippen LogP contribution in [-0.4, -0.2) is 57.3 Å². The first-order valence-electron chi connectivity index (χ1n) is 20.3. The average Bonchev–Trinajstić information content (AvgIpc) is 3.41. The third-order valence-corrected chi connectivity index (χ3v) is 13.7. The maximum atomic E-state index is 12.6. The van der Waals surface area contributed by atoms with Gasteiger partial charge in [-0.2, -0.15) is 0 Å². The van der Waals surface area contributed by atoms with E-state index >= 15 is 0 Å². The van der Waals surface area contributed by atoms with Gasteiger partial charge in [0.2, 0.25) is 0 Å². The number of hydrogen-bond acceptors (Lipinski definition) is 6. The molecule has 0 saturated heterocycles. The standard InChI is InChI=1S/C41H76N4O2/c1-30(2)11-8-12-31(3)35-16-17-36-34-15-14-32-29-33(18-21-40(32,4)37(34)19-22-41(35,36)5)47-28-9-13-39(46)38(43)20-27-45-25-7-6-24-44-26-10-23-42/h14,30-31,33-38,44-45H,6-13,15-29,42-43H2,1-5H3/t31-,33?,34+,35-,36+,37+,38?,40+,41-/m1/s1. The summed E-state index contributed by atoms with van der Waals surface area (Å²) < 4.78 is 6.43. The fraction of sp³-hybridized carbons (Fsp3) is 0.927. The monoisotopic (exact) mass is 657 g/mol. The van der Waals surface area contributed by atoms with Crippen LogP contribution in [0.4, 0.5) is 0 Å². The normalized spacial score (nSPS) is 33.2. The zero-order valence-electron chi connectivity index (χ0n) is 31.4. The summed E-state index contributed by atoms with van der Waals surface area (Å²) in [6.07, 6.45) is 23.2. The molecule has 0 amide bonds. The van der Waals surface area contributed by atoms with Crippen molar-refractivity contribution in [3.05, 3.63) is 11.6 Å². The highest BCUT2D eigenvalue weighted by molar-refractivity contribution is 5.83. The maximum Gasteiger partial charge on any atom is 0.149 e. The fourth-order valence-electron chi connectivity index (χ4n) is 10.9. The Balaban J connectivity index is 1.13. The summed E-state index contributed by atoms with van der Waals surface area (Å²) in [5.41, 5.74) is 14.4. The minimum absolute atomic E-state index is 0.181. The molecular formula is C41H76N4O2. The molecule has 0 spiro atoms. The molecule has 3 fully saturated rings. The van der Waals surface area contributed by atoms with Crippen LogP contribution in [0.1, 0.15) is 144 Å². The summed E-state index contributed by atoms with van der Waals surface area (Å²) >= 11 is 0. The first kappa shape index (κ1) is 39.0. The summed E-state index contributed by atoms with van der Waals surface area (Å²) in [5, 5.41) is 6.86. The van der Waals surface area contributed by atoms with Gasteiger partial charge in [-0.3, -0.25) is 4.79 Å². The Kier molecular flexibility index (Phi) is 15.8. The van der Waals surface area contributed by atoms with Gasteiger partial charge in [0.25, 0.3) is 0 Å². The van der Waals surface area contributed by atoms with Crippen molar-refractivity contribution in [2.24, 2.45) is 57.8 Å². The van der Waals surface area contributed by atoms with Crippen LogP contribution in [0.5, 0.6) is 0 Å². The molecular weight excluding hydrogens is 580 g/mol. The number of carbonyl (C=O) groups excluding carboxylic acids is 1. The quantitative estimate of drug-likeness (QED) is 0.0701. The van der Waals surface area contributed by atoms with E-state index < -0.39 is 0 Å². The van der Waals surface area contributed by atoms with Crippen molar-refractivity contribution in [1.82, 2.24) is 10.6 Å². The molecule has 3 saturated carbocycles. The molecule has 272 valence electrons. The van der Waals surface area contributed by atoms with E-state index in [1.54, 1.807) is 5.57 Å². The smallest absolute Gasteiger partial charge is 0.149 e. The molecule has 4 rings (SSSR count). The number of nitrogens with two attached hydrogens (primary N) is 2. The Bertz CT molecular complexity index is 969. The number of ether oxygens (including phenoxy) is 1. The third-order valence-electron chi connectivity index (χ3n) is 13.7. The number of fused-ring (bicyclic) bond motifs is 5. The number of unbranched alkanes of at least 4 members (excludes halogenated alkanes) is 1. The van der Waals surface area contributed by atoms with Crippen molar-refractivity contribution >= 4 is 5.78 Å². The molecule has 6 N–H and O–H groups in total. The number of nitrogens with one attached hydrogen (secondary N) is 2. The van der Waals surface area contributed by atoms with Crippen LogP contribution in [-0.2, 0) is 9.53 Å².